The Labute approximate surface area is 126 Å². The fourth-order valence-electron chi connectivity index (χ4n) is 2.40. The van der Waals surface area contributed by atoms with Gasteiger partial charge in [0.25, 0.3) is 0 Å². The second kappa shape index (κ2) is 7.56. The summed E-state index contributed by atoms with van der Waals surface area (Å²) in [7, 11) is 0. The maximum Gasteiger partial charge on any atom is 0.0406 e. The predicted molar refractivity (Wildman–Crippen MR) is 83.0 cm³/mol. The highest BCUT2D eigenvalue weighted by Gasteiger charge is 2.30. The van der Waals surface area contributed by atoms with Crippen LogP contribution in [0.2, 0.25) is 5.02 Å². The number of hydrogen-bond acceptors (Lipinski definition) is 2. The zero-order valence-corrected chi connectivity index (χ0v) is 12.7. The van der Waals surface area contributed by atoms with Crippen LogP contribution in [0.15, 0.2) is 24.3 Å². The van der Waals surface area contributed by atoms with E-state index in [-0.39, 0.29) is 30.4 Å². The van der Waals surface area contributed by atoms with E-state index >= 15 is 0 Å². The van der Waals surface area contributed by atoms with Gasteiger partial charge in [0.2, 0.25) is 0 Å². The fraction of sp³-hybridized carbons (Fsp3) is 0.538. The average molecular weight is 312 g/mol. The number of hydrogen-bond donors (Lipinski definition) is 2. The number of rotatable bonds is 2. The quantitative estimate of drug-likeness (QED) is 0.880. The first-order chi connectivity index (χ1) is 7.57. The van der Waals surface area contributed by atoms with Crippen LogP contribution in [-0.2, 0) is 6.42 Å². The molecule has 1 aliphatic rings. The molecule has 0 spiro atoms. The van der Waals surface area contributed by atoms with Crippen molar-refractivity contribution in [1.82, 2.24) is 0 Å². The van der Waals surface area contributed by atoms with Gasteiger partial charge in [-0.3, -0.25) is 0 Å². The van der Waals surface area contributed by atoms with Gasteiger partial charge in [0.05, 0.1) is 0 Å². The summed E-state index contributed by atoms with van der Waals surface area (Å²) in [6, 6.07) is 8.32. The second-order valence-electron chi connectivity index (χ2n) is 5.00. The highest BCUT2D eigenvalue weighted by atomic mass is 35.5. The molecule has 1 saturated carbocycles. The lowest BCUT2D eigenvalue weighted by atomic mass is 9.77. The monoisotopic (exact) mass is 310 g/mol. The Morgan fingerprint density at radius 1 is 1.11 bits per heavy atom. The molecule has 2 rings (SSSR count). The molecule has 18 heavy (non-hydrogen) atoms. The van der Waals surface area contributed by atoms with Crippen LogP contribution in [0.4, 0.5) is 0 Å². The third-order valence-electron chi connectivity index (χ3n) is 3.50. The van der Waals surface area contributed by atoms with E-state index in [9.17, 15) is 0 Å². The van der Waals surface area contributed by atoms with E-state index in [4.69, 9.17) is 23.1 Å². The Balaban J connectivity index is 0.00000144. The molecule has 5 heteroatoms. The second-order valence-corrected chi connectivity index (χ2v) is 5.44. The first kappa shape index (κ1) is 18.0. The first-order valence-corrected chi connectivity index (χ1v) is 6.24. The van der Waals surface area contributed by atoms with Gasteiger partial charge in [-0.25, -0.2) is 0 Å². The number of benzene rings is 1. The first-order valence-electron chi connectivity index (χ1n) is 5.86. The van der Waals surface area contributed by atoms with Crippen molar-refractivity contribution >= 4 is 36.4 Å². The molecule has 104 valence electrons. The van der Waals surface area contributed by atoms with Crippen molar-refractivity contribution in [2.75, 3.05) is 0 Å². The summed E-state index contributed by atoms with van der Waals surface area (Å²) < 4.78 is 0. The van der Waals surface area contributed by atoms with Crippen molar-refractivity contribution in [3.05, 3.63) is 34.9 Å². The van der Waals surface area contributed by atoms with Crippen LogP contribution < -0.4 is 11.5 Å². The maximum atomic E-state index is 6.40. The van der Waals surface area contributed by atoms with Gasteiger partial charge in [-0.2, -0.15) is 0 Å². The van der Waals surface area contributed by atoms with Crippen LogP contribution in [-0.4, -0.2) is 11.6 Å². The molecule has 1 aromatic carbocycles. The van der Waals surface area contributed by atoms with Gasteiger partial charge in [-0.15, -0.1) is 24.8 Å². The van der Waals surface area contributed by atoms with Crippen molar-refractivity contribution in [3.8, 4) is 0 Å². The third kappa shape index (κ3) is 4.94. The lowest BCUT2D eigenvalue weighted by molar-refractivity contribution is 0.271. The molecule has 1 aromatic rings. The Morgan fingerprint density at radius 2 is 1.61 bits per heavy atom. The zero-order valence-electron chi connectivity index (χ0n) is 10.3. The van der Waals surface area contributed by atoms with Crippen molar-refractivity contribution in [3.63, 3.8) is 0 Å². The van der Waals surface area contributed by atoms with E-state index in [1.165, 1.54) is 5.56 Å². The van der Waals surface area contributed by atoms with E-state index in [2.05, 4.69) is 12.1 Å². The van der Waals surface area contributed by atoms with Gasteiger partial charge in [0.15, 0.2) is 0 Å². The summed E-state index contributed by atoms with van der Waals surface area (Å²) in [6.45, 7) is 0. The third-order valence-corrected chi connectivity index (χ3v) is 3.75. The van der Waals surface area contributed by atoms with Gasteiger partial charge < -0.3 is 11.5 Å². The zero-order chi connectivity index (χ0) is 11.6. The molecule has 0 unspecified atom stereocenters. The normalized spacial score (nSPS) is 26.9. The van der Waals surface area contributed by atoms with Crippen molar-refractivity contribution in [2.24, 2.45) is 11.5 Å². The van der Waals surface area contributed by atoms with Gasteiger partial charge in [-0.05, 0) is 49.8 Å². The lowest BCUT2D eigenvalue weighted by Crippen LogP contribution is -2.47. The molecule has 1 fully saturated rings. The van der Waals surface area contributed by atoms with Crippen LogP contribution in [0.25, 0.3) is 0 Å². The Kier molecular flexibility index (Phi) is 7.57. The average Bonchev–Trinajstić information content (AvgIpc) is 2.27. The van der Waals surface area contributed by atoms with Crippen LogP contribution in [0, 0.1) is 0 Å². The topological polar surface area (TPSA) is 52.0 Å². The largest absolute Gasteiger partial charge is 0.328 e. The molecule has 0 atom stereocenters. The summed E-state index contributed by atoms with van der Waals surface area (Å²) in [5.74, 6) is 0. The van der Waals surface area contributed by atoms with E-state index in [1.807, 2.05) is 12.1 Å². The highest BCUT2D eigenvalue weighted by Crippen LogP contribution is 2.28. The maximum absolute atomic E-state index is 6.40. The van der Waals surface area contributed by atoms with Crippen LogP contribution in [0.5, 0.6) is 0 Å². The highest BCUT2D eigenvalue weighted by molar-refractivity contribution is 6.30. The minimum Gasteiger partial charge on any atom is -0.328 e. The van der Waals surface area contributed by atoms with Crippen LogP contribution >= 0.6 is 36.4 Å². The summed E-state index contributed by atoms with van der Waals surface area (Å²) in [6.07, 6.45) is 5.07. The van der Waals surface area contributed by atoms with Crippen molar-refractivity contribution < 1.29 is 0 Å². The van der Waals surface area contributed by atoms with E-state index < -0.39 is 0 Å². The Hall–Kier alpha value is 0.01000. The molecule has 0 amide bonds. The minimum absolute atomic E-state index is 0. The number of nitrogens with two attached hydrogens (primary N) is 2. The summed E-state index contributed by atoms with van der Waals surface area (Å²) in [5.41, 5.74) is 13.5. The van der Waals surface area contributed by atoms with Crippen LogP contribution in [0.3, 0.4) is 0 Å². The molecule has 2 nitrogen and oxygen atoms in total. The molecule has 1 aliphatic carbocycles. The molecule has 4 N–H and O–H groups in total. The van der Waals surface area contributed by atoms with Gasteiger partial charge in [0.1, 0.15) is 0 Å². The standard InChI is InChI=1S/C13H19ClN2.2ClH/c14-11-3-1-10(2-4-11)9-13(16)7-5-12(15)6-8-13;;/h1-4,12H,5-9,15-16H2;2*1H. The fourth-order valence-corrected chi connectivity index (χ4v) is 2.53. The van der Waals surface area contributed by atoms with Gasteiger partial charge in [-0.1, -0.05) is 23.7 Å². The number of halogens is 3. The van der Waals surface area contributed by atoms with Gasteiger partial charge >= 0.3 is 0 Å². The molecule has 0 aromatic heterocycles. The van der Waals surface area contributed by atoms with Crippen LogP contribution in [0.1, 0.15) is 31.2 Å². The van der Waals surface area contributed by atoms with E-state index in [0.717, 1.165) is 37.1 Å². The minimum atomic E-state index is -0.0658. The molecule has 0 radical (unpaired) electrons. The molecule has 0 aliphatic heterocycles. The molecular weight excluding hydrogens is 291 g/mol. The molecule has 0 heterocycles. The summed E-state index contributed by atoms with van der Waals surface area (Å²) >= 11 is 5.86. The predicted octanol–water partition coefficient (Wildman–Crippen LogP) is 3.32. The summed E-state index contributed by atoms with van der Waals surface area (Å²) in [5, 5.41) is 0.778. The van der Waals surface area contributed by atoms with Gasteiger partial charge in [0, 0.05) is 16.6 Å². The van der Waals surface area contributed by atoms with E-state index in [1.54, 1.807) is 0 Å². The lowest BCUT2D eigenvalue weighted by Gasteiger charge is -2.36. The van der Waals surface area contributed by atoms with E-state index in [0.29, 0.717) is 6.04 Å². The Morgan fingerprint density at radius 3 is 2.11 bits per heavy atom. The summed E-state index contributed by atoms with van der Waals surface area (Å²) in [4.78, 5) is 0. The molecule has 0 saturated heterocycles. The smallest absolute Gasteiger partial charge is 0.0406 e. The van der Waals surface area contributed by atoms with Crippen molar-refractivity contribution in [2.45, 2.75) is 43.7 Å². The SMILES string of the molecule is Cl.Cl.NC1CCC(N)(Cc2ccc(Cl)cc2)CC1. The Bertz CT molecular complexity index is 346. The molecule has 0 bridgehead atoms. The molecular formula is C13H21Cl3N2. The van der Waals surface area contributed by atoms with Crippen molar-refractivity contribution in [1.29, 1.82) is 0 Å².